The van der Waals surface area contributed by atoms with Gasteiger partial charge in [-0.2, -0.15) is 4.98 Å². The van der Waals surface area contributed by atoms with Gasteiger partial charge in [0.15, 0.2) is 0 Å². The van der Waals surface area contributed by atoms with Crippen LogP contribution in [-0.2, 0) is 0 Å². The Morgan fingerprint density at radius 1 is 1.21 bits per heavy atom. The molecule has 1 heterocycles. The molecule has 1 aromatic carbocycles. The normalized spacial score (nSPS) is 10.8. The van der Waals surface area contributed by atoms with Crippen LogP contribution in [0.3, 0.4) is 0 Å². The quantitative estimate of drug-likeness (QED) is 0.863. The van der Waals surface area contributed by atoms with E-state index in [-0.39, 0.29) is 0 Å². The summed E-state index contributed by atoms with van der Waals surface area (Å²) in [6, 6.07) is 7.31. The Kier molecular flexibility index (Phi) is 3.90. The topological polar surface area (TPSA) is 61.0 Å². The van der Waals surface area contributed by atoms with E-state index in [1.807, 2.05) is 13.0 Å². The van der Waals surface area contributed by atoms with E-state index in [1.54, 1.807) is 18.2 Å². The highest BCUT2D eigenvalue weighted by Crippen LogP contribution is 2.30. The van der Waals surface area contributed by atoms with Crippen LogP contribution in [-0.4, -0.2) is 9.97 Å². The zero-order valence-corrected chi connectivity index (χ0v) is 11.9. The van der Waals surface area contributed by atoms with Gasteiger partial charge in [0.25, 0.3) is 0 Å². The standard InChI is InChI=1S/C14H16ClN3O/c1-8(2)12-6-9(3)17-14(18-12)19-13-5-4-10(16)7-11(13)15/h4-8H,16H2,1-3H3. The number of aryl methyl sites for hydroxylation is 1. The summed E-state index contributed by atoms with van der Waals surface area (Å²) < 4.78 is 5.63. The first-order valence-corrected chi connectivity index (χ1v) is 6.42. The van der Waals surface area contributed by atoms with Gasteiger partial charge in [-0.05, 0) is 37.1 Å². The Hall–Kier alpha value is -1.81. The lowest BCUT2D eigenvalue weighted by molar-refractivity contribution is 0.437. The van der Waals surface area contributed by atoms with Crippen LogP contribution in [0.2, 0.25) is 5.02 Å². The zero-order valence-electron chi connectivity index (χ0n) is 11.1. The van der Waals surface area contributed by atoms with Gasteiger partial charge in [0, 0.05) is 11.4 Å². The van der Waals surface area contributed by atoms with Crippen LogP contribution in [0.25, 0.3) is 0 Å². The van der Waals surface area contributed by atoms with Gasteiger partial charge in [-0.3, -0.25) is 0 Å². The first-order chi connectivity index (χ1) is 8.95. The molecule has 0 spiro atoms. The summed E-state index contributed by atoms with van der Waals surface area (Å²) >= 11 is 6.06. The van der Waals surface area contributed by atoms with Gasteiger partial charge in [0.1, 0.15) is 5.75 Å². The van der Waals surface area contributed by atoms with Gasteiger partial charge in [-0.25, -0.2) is 4.98 Å². The van der Waals surface area contributed by atoms with E-state index >= 15 is 0 Å². The lowest BCUT2D eigenvalue weighted by atomic mass is 10.1. The molecule has 0 amide bonds. The van der Waals surface area contributed by atoms with Crippen molar-refractivity contribution in [2.45, 2.75) is 26.7 Å². The third-order valence-corrected chi connectivity index (χ3v) is 2.90. The van der Waals surface area contributed by atoms with Gasteiger partial charge in [-0.1, -0.05) is 25.4 Å². The molecule has 0 aliphatic carbocycles. The van der Waals surface area contributed by atoms with Crippen molar-refractivity contribution in [3.05, 3.63) is 40.7 Å². The number of ether oxygens (including phenoxy) is 1. The zero-order chi connectivity index (χ0) is 14.0. The molecule has 0 atom stereocenters. The van der Waals surface area contributed by atoms with E-state index in [0.29, 0.717) is 28.4 Å². The number of halogens is 1. The molecule has 1 aromatic heterocycles. The molecule has 2 aromatic rings. The third kappa shape index (κ3) is 3.35. The molecule has 0 saturated carbocycles. The number of nitrogen functional groups attached to an aromatic ring is 1. The Morgan fingerprint density at radius 3 is 2.58 bits per heavy atom. The van der Waals surface area contributed by atoms with Crippen LogP contribution >= 0.6 is 11.6 Å². The number of hydrogen-bond donors (Lipinski definition) is 1. The van der Waals surface area contributed by atoms with Crippen LogP contribution in [0.1, 0.15) is 31.2 Å². The van der Waals surface area contributed by atoms with Gasteiger partial charge < -0.3 is 10.5 Å². The Morgan fingerprint density at radius 2 is 1.95 bits per heavy atom. The van der Waals surface area contributed by atoms with Crippen molar-refractivity contribution in [1.29, 1.82) is 0 Å². The number of hydrogen-bond acceptors (Lipinski definition) is 4. The second-order valence-electron chi connectivity index (χ2n) is 4.66. The van der Waals surface area contributed by atoms with E-state index in [4.69, 9.17) is 22.1 Å². The number of rotatable bonds is 3. The van der Waals surface area contributed by atoms with Crippen LogP contribution in [0.4, 0.5) is 5.69 Å². The summed E-state index contributed by atoms with van der Waals surface area (Å²) in [4.78, 5) is 8.62. The maximum Gasteiger partial charge on any atom is 0.322 e. The van der Waals surface area contributed by atoms with Crippen molar-refractivity contribution in [3.63, 3.8) is 0 Å². The van der Waals surface area contributed by atoms with Crippen LogP contribution in [0.15, 0.2) is 24.3 Å². The van der Waals surface area contributed by atoms with Crippen LogP contribution in [0.5, 0.6) is 11.8 Å². The molecule has 2 rings (SSSR count). The average Bonchev–Trinajstić information content (AvgIpc) is 2.32. The van der Waals surface area contributed by atoms with Crippen molar-refractivity contribution < 1.29 is 4.74 Å². The van der Waals surface area contributed by atoms with Gasteiger partial charge in [0.05, 0.1) is 10.7 Å². The van der Waals surface area contributed by atoms with E-state index in [1.165, 1.54) is 0 Å². The van der Waals surface area contributed by atoms with E-state index in [9.17, 15) is 0 Å². The lowest BCUT2D eigenvalue weighted by Crippen LogP contribution is -2.00. The molecule has 0 aliphatic rings. The fourth-order valence-electron chi connectivity index (χ4n) is 1.60. The molecule has 0 radical (unpaired) electrons. The van der Waals surface area contributed by atoms with E-state index < -0.39 is 0 Å². The molecular formula is C14H16ClN3O. The molecule has 100 valence electrons. The minimum Gasteiger partial charge on any atom is -0.423 e. The number of aromatic nitrogens is 2. The monoisotopic (exact) mass is 277 g/mol. The van der Waals surface area contributed by atoms with E-state index in [2.05, 4.69) is 23.8 Å². The molecule has 4 nitrogen and oxygen atoms in total. The first-order valence-electron chi connectivity index (χ1n) is 6.04. The molecule has 0 saturated heterocycles. The predicted molar refractivity (Wildman–Crippen MR) is 76.8 cm³/mol. The summed E-state index contributed by atoms with van der Waals surface area (Å²) in [7, 11) is 0. The minimum absolute atomic E-state index is 0.301. The summed E-state index contributed by atoms with van der Waals surface area (Å²) in [5.41, 5.74) is 8.03. The smallest absolute Gasteiger partial charge is 0.322 e. The lowest BCUT2D eigenvalue weighted by Gasteiger charge is -2.10. The average molecular weight is 278 g/mol. The summed E-state index contributed by atoms with van der Waals surface area (Å²) in [5, 5.41) is 0.441. The van der Waals surface area contributed by atoms with E-state index in [0.717, 1.165) is 11.4 Å². The van der Waals surface area contributed by atoms with Gasteiger partial charge >= 0.3 is 6.01 Å². The molecule has 2 N–H and O–H groups in total. The Labute approximate surface area is 117 Å². The van der Waals surface area contributed by atoms with Crippen molar-refractivity contribution in [2.24, 2.45) is 0 Å². The summed E-state index contributed by atoms with van der Waals surface area (Å²) in [6.07, 6.45) is 0. The molecule has 0 bridgehead atoms. The minimum atomic E-state index is 0.301. The molecule has 0 aliphatic heterocycles. The molecular weight excluding hydrogens is 262 g/mol. The van der Waals surface area contributed by atoms with Crippen molar-refractivity contribution in [3.8, 4) is 11.8 Å². The largest absolute Gasteiger partial charge is 0.423 e. The highest BCUT2D eigenvalue weighted by Gasteiger charge is 2.09. The Balaban J connectivity index is 2.32. The second-order valence-corrected chi connectivity index (χ2v) is 5.07. The summed E-state index contributed by atoms with van der Waals surface area (Å²) in [6.45, 7) is 6.05. The number of nitrogens with two attached hydrogens (primary N) is 1. The highest BCUT2D eigenvalue weighted by atomic mass is 35.5. The van der Waals surface area contributed by atoms with Crippen LogP contribution in [0, 0.1) is 6.92 Å². The number of anilines is 1. The van der Waals surface area contributed by atoms with Crippen molar-refractivity contribution in [1.82, 2.24) is 9.97 Å². The van der Waals surface area contributed by atoms with Gasteiger partial charge in [0.2, 0.25) is 0 Å². The highest BCUT2D eigenvalue weighted by molar-refractivity contribution is 6.32. The van der Waals surface area contributed by atoms with Crippen LogP contribution < -0.4 is 10.5 Å². The maximum absolute atomic E-state index is 6.06. The SMILES string of the molecule is Cc1cc(C(C)C)nc(Oc2ccc(N)cc2Cl)n1. The van der Waals surface area contributed by atoms with Gasteiger partial charge in [-0.15, -0.1) is 0 Å². The fourth-order valence-corrected chi connectivity index (χ4v) is 1.83. The maximum atomic E-state index is 6.06. The first kappa shape index (κ1) is 13.6. The van der Waals surface area contributed by atoms with Crippen molar-refractivity contribution in [2.75, 3.05) is 5.73 Å². The number of nitrogens with zero attached hydrogens (tertiary/aromatic N) is 2. The number of benzene rings is 1. The predicted octanol–water partition coefficient (Wildman–Crippen LogP) is 3.94. The fraction of sp³-hybridized carbons (Fsp3) is 0.286. The third-order valence-electron chi connectivity index (χ3n) is 2.60. The summed E-state index contributed by atoms with van der Waals surface area (Å²) in [5.74, 6) is 0.808. The second kappa shape index (κ2) is 5.45. The molecule has 0 unspecified atom stereocenters. The Bertz CT molecular complexity index is 599. The molecule has 5 heteroatoms. The van der Waals surface area contributed by atoms with Crippen molar-refractivity contribution >= 4 is 17.3 Å². The molecule has 19 heavy (non-hydrogen) atoms. The molecule has 0 fully saturated rings.